The minimum absolute atomic E-state index is 0.128. The van der Waals surface area contributed by atoms with Gasteiger partial charge in [0.2, 0.25) is 10.0 Å². The zero-order valence-corrected chi connectivity index (χ0v) is 36.9. The number of likely N-dealkylation sites (tertiary alicyclic amines) is 1. The van der Waals surface area contributed by atoms with Crippen LogP contribution < -0.4 is 9.62 Å². The Balaban J connectivity index is 0.000000162. The number of nitrogens with zero attached hydrogens (tertiary/aromatic N) is 10. The number of nitrogens with one attached hydrogen (secondary N) is 2. The quantitative estimate of drug-likeness (QED) is 0.171. The van der Waals surface area contributed by atoms with Crippen LogP contribution in [0.25, 0.3) is 44.1 Å². The van der Waals surface area contributed by atoms with Crippen LogP contribution in [0.3, 0.4) is 0 Å². The monoisotopic (exact) mass is 892 g/mol. The molecule has 0 saturated carbocycles. The maximum atomic E-state index is 13.2. The van der Waals surface area contributed by atoms with Gasteiger partial charge in [-0.1, -0.05) is 18.2 Å². The number of H-pyrrole nitrogens is 1. The van der Waals surface area contributed by atoms with Gasteiger partial charge in [-0.15, -0.1) is 0 Å². The number of hydrogen-bond donors (Lipinski definition) is 2. The Kier molecular flexibility index (Phi) is 10.8. The van der Waals surface area contributed by atoms with Crippen molar-refractivity contribution >= 4 is 81.8 Å². The molecule has 18 nitrogen and oxygen atoms in total. The fraction of sp³-hybridized carbons (Fsp3) is 0.349. The zero-order chi connectivity index (χ0) is 44.1. The molecular formula is C43H48N12O6S2. The molecule has 10 rings (SSSR count). The van der Waals surface area contributed by atoms with E-state index in [0.29, 0.717) is 36.0 Å². The molecule has 9 heterocycles. The summed E-state index contributed by atoms with van der Waals surface area (Å²) in [6.45, 7) is 8.49. The van der Waals surface area contributed by atoms with Crippen molar-refractivity contribution in [1.29, 1.82) is 0 Å². The lowest BCUT2D eigenvalue weighted by molar-refractivity contribution is 0.0189. The van der Waals surface area contributed by atoms with Crippen LogP contribution >= 0.6 is 0 Å². The third-order valence-corrected chi connectivity index (χ3v) is 13.7. The van der Waals surface area contributed by atoms with Gasteiger partial charge in [-0.05, 0) is 82.9 Å². The number of pyridine rings is 3. The van der Waals surface area contributed by atoms with Crippen molar-refractivity contribution in [3.05, 3.63) is 98.2 Å². The number of anilines is 2. The molecule has 0 spiro atoms. The van der Waals surface area contributed by atoms with Crippen molar-refractivity contribution in [3.63, 3.8) is 0 Å². The molecule has 1 aromatic carbocycles. The first kappa shape index (κ1) is 41.8. The number of ether oxygens (including phenoxy) is 1. The average molecular weight is 893 g/mol. The third kappa shape index (κ3) is 8.51. The average Bonchev–Trinajstić information content (AvgIpc) is 4.09. The van der Waals surface area contributed by atoms with Gasteiger partial charge in [0.15, 0.2) is 5.65 Å². The number of aromatic amines is 1. The SMILES string of the molecule is CC(C)(C)OC(=O)N1CCC(n2cnc3cnc4c(ccn4S(=O)(=O)c4ccccc4)c32)CC1.CS(=O)(=O)Nc1ccc(N2CCC(n3cnc4cnc5[nH]ccc5c43)CC2)nc1. The number of carbonyl (C=O) groups excluding carboxylic acids is 1. The third-order valence-electron chi connectivity index (χ3n) is 11.4. The number of benzene rings is 1. The number of imidazole rings is 2. The Bertz CT molecular complexity index is 3160. The molecule has 2 aliphatic heterocycles. The molecule has 0 aliphatic carbocycles. The molecule has 7 aromatic heterocycles. The summed E-state index contributed by atoms with van der Waals surface area (Å²) in [6.07, 6.45) is 16.4. The van der Waals surface area contributed by atoms with Crippen LogP contribution in [0.2, 0.25) is 0 Å². The summed E-state index contributed by atoms with van der Waals surface area (Å²) >= 11 is 0. The number of amides is 1. The summed E-state index contributed by atoms with van der Waals surface area (Å²) in [5.74, 6) is 0.857. The van der Waals surface area contributed by atoms with Crippen LogP contribution in [0.15, 0.2) is 103 Å². The van der Waals surface area contributed by atoms with E-state index in [9.17, 15) is 21.6 Å². The van der Waals surface area contributed by atoms with Gasteiger partial charge in [-0.2, -0.15) is 0 Å². The second kappa shape index (κ2) is 16.3. The fourth-order valence-electron chi connectivity index (χ4n) is 8.45. The van der Waals surface area contributed by atoms with E-state index in [1.54, 1.807) is 72.3 Å². The Morgan fingerprint density at radius 1 is 0.746 bits per heavy atom. The molecule has 1 amide bonds. The summed E-state index contributed by atoms with van der Waals surface area (Å²) in [5, 5.41) is 1.82. The molecule has 2 saturated heterocycles. The van der Waals surface area contributed by atoms with Crippen molar-refractivity contribution in [3.8, 4) is 0 Å². The van der Waals surface area contributed by atoms with Crippen molar-refractivity contribution < 1.29 is 26.4 Å². The predicted octanol–water partition coefficient (Wildman–Crippen LogP) is 6.72. The highest BCUT2D eigenvalue weighted by Crippen LogP contribution is 2.34. The fourth-order valence-corrected chi connectivity index (χ4v) is 10.3. The minimum atomic E-state index is -3.78. The van der Waals surface area contributed by atoms with Gasteiger partial charge in [0.1, 0.15) is 28.1 Å². The standard InChI is InChI=1S/C24H27N5O4S.C19H21N7O2S/c1-24(2,3)33-23(30)27-12-9-17(10-13-27)28-16-26-20-15-25-22-19(21(20)28)11-14-29(22)34(31,32)18-7-5-4-6-8-18;1-29(27,28)24-13-2-3-17(21-10-13)25-8-5-14(6-9-25)26-12-23-16-11-22-19-15(18(16)26)4-7-20-19/h4-8,11,14-17H,9-10,12-13H2,1-3H3;2-4,7,10-12,14,24H,5-6,8-9H2,1H3,(H,20,22). The minimum Gasteiger partial charge on any atom is -0.444 e. The topological polar surface area (TPSA) is 208 Å². The summed E-state index contributed by atoms with van der Waals surface area (Å²) < 4.78 is 62.6. The number of fused-ring (bicyclic) bond motifs is 6. The van der Waals surface area contributed by atoms with E-state index in [4.69, 9.17) is 4.74 Å². The summed E-state index contributed by atoms with van der Waals surface area (Å²) in [4.78, 5) is 42.1. The number of rotatable bonds is 7. The molecule has 0 unspecified atom stereocenters. The van der Waals surface area contributed by atoms with Crippen LogP contribution in [0.1, 0.15) is 58.5 Å². The molecule has 2 aliphatic rings. The molecule has 0 bridgehead atoms. The first-order valence-electron chi connectivity index (χ1n) is 20.7. The highest BCUT2D eigenvalue weighted by molar-refractivity contribution is 7.92. The molecule has 20 heteroatoms. The van der Waals surface area contributed by atoms with Gasteiger partial charge in [0.05, 0.1) is 59.1 Å². The van der Waals surface area contributed by atoms with Gasteiger partial charge < -0.3 is 28.7 Å². The number of carbonyl (C=O) groups is 1. The lowest BCUT2D eigenvalue weighted by Gasteiger charge is -2.34. The number of piperidine rings is 2. The predicted molar refractivity (Wildman–Crippen MR) is 241 cm³/mol. The molecule has 2 N–H and O–H groups in total. The maximum absolute atomic E-state index is 13.2. The number of hydrogen-bond acceptors (Lipinski definition) is 12. The van der Waals surface area contributed by atoms with E-state index in [1.165, 1.54) is 3.97 Å². The van der Waals surface area contributed by atoms with Crippen molar-refractivity contribution in [2.45, 2.75) is 69.0 Å². The van der Waals surface area contributed by atoms with Crippen molar-refractivity contribution in [2.24, 2.45) is 0 Å². The Labute approximate surface area is 364 Å². The van der Waals surface area contributed by atoms with Gasteiger partial charge in [0.25, 0.3) is 10.0 Å². The normalized spacial score (nSPS) is 15.9. The molecule has 0 radical (unpaired) electrons. The lowest BCUT2D eigenvalue weighted by Crippen LogP contribution is -2.42. The van der Waals surface area contributed by atoms with E-state index >= 15 is 0 Å². The van der Waals surface area contributed by atoms with Crippen LogP contribution in [0, 0.1) is 0 Å². The highest BCUT2D eigenvalue weighted by Gasteiger charge is 2.30. The van der Waals surface area contributed by atoms with E-state index in [1.807, 2.05) is 51.6 Å². The molecular weight excluding hydrogens is 845 g/mol. The van der Waals surface area contributed by atoms with Crippen molar-refractivity contribution in [1.82, 2.24) is 47.9 Å². The van der Waals surface area contributed by atoms with Crippen LogP contribution in [0.4, 0.5) is 16.3 Å². The summed E-state index contributed by atoms with van der Waals surface area (Å²) in [5.41, 5.74) is 4.78. The smallest absolute Gasteiger partial charge is 0.410 e. The van der Waals surface area contributed by atoms with Crippen LogP contribution in [0.5, 0.6) is 0 Å². The van der Waals surface area contributed by atoms with Gasteiger partial charge >= 0.3 is 6.09 Å². The Hall–Kier alpha value is -6.54. The van der Waals surface area contributed by atoms with Gasteiger partial charge in [-0.25, -0.2) is 50.5 Å². The van der Waals surface area contributed by atoms with Crippen LogP contribution in [-0.2, 0) is 24.8 Å². The first-order valence-corrected chi connectivity index (χ1v) is 24.0. The molecule has 8 aromatic rings. The Morgan fingerprint density at radius 2 is 1.38 bits per heavy atom. The maximum Gasteiger partial charge on any atom is 0.410 e. The van der Waals surface area contributed by atoms with Gasteiger partial charge in [0, 0.05) is 61.4 Å². The van der Waals surface area contributed by atoms with Crippen molar-refractivity contribution in [2.75, 3.05) is 42.1 Å². The second-order valence-corrected chi connectivity index (χ2v) is 20.5. The second-order valence-electron chi connectivity index (χ2n) is 16.9. The number of aromatic nitrogens is 9. The van der Waals surface area contributed by atoms with Gasteiger partial charge in [-0.3, -0.25) is 4.72 Å². The first-order chi connectivity index (χ1) is 30.1. The van der Waals surface area contributed by atoms with E-state index in [0.717, 1.165) is 83.8 Å². The van der Waals surface area contributed by atoms with E-state index in [-0.39, 0.29) is 17.0 Å². The summed E-state index contributed by atoms with van der Waals surface area (Å²) in [6, 6.07) is 16.2. The highest BCUT2D eigenvalue weighted by atomic mass is 32.2. The Morgan fingerprint density at radius 3 is 2.00 bits per heavy atom. The zero-order valence-electron chi connectivity index (χ0n) is 35.3. The lowest BCUT2D eigenvalue weighted by atomic mass is 10.0. The van der Waals surface area contributed by atoms with E-state index in [2.05, 4.69) is 48.7 Å². The van der Waals surface area contributed by atoms with Crippen LogP contribution in [-0.4, -0.2) is 109 Å². The molecule has 328 valence electrons. The summed E-state index contributed by atoms with van der Waals surface area (Å²) in [7, 11) is -7.07. The molecule has 63 heavy (non-hydrogen) atoms. The largest absolute Gasteiger partial charge is 0.444 e. The molecule has 0 atom stereocenters. The van der Waals surface area contributed by atoms with E-state index < -0.39 is 25.6 Å². The number of sulfonamides is 1. The molecule has 2 fully saturated rings.